The van der Waals surface area contributed by atoms with Crippen molar-refractivity contribution in [3.63, 3.8) is 0 Å². The zero-order valence-electron chi connectivity index (χ0n) is 6.92. The maximum absolute atomic E-state index is 11.2. The van der Waals surface area contributed by atoms with E-state index in [2.05, 4.69) is 0 Å². The van der Waals surface area contributed by atoms with Crippen molar-refractivity contribution in [2.45, 2.75) is 6.92 Å². The first kappa shape index (κ1) is 7.85. The van der Waals surface area contributed by atoms with Crippen molar-refractivity contribution in [1.29, 1.82) is 0 Å². The van der Waals surface area contributed by atoms with Gasteiger partial charge in [0.25, 0.3) is 5.56 Å². The Bertz CT molecular complexity index is 314. The van der Waals surface area contributed by atoms with Crippen LogP contribution in [0, 0.1) is 6.92 Å². The molecule has 11 heavy (non-hydrogen) atoms. The predicted octanol–water partition coefficient (Wildman–Crippen LogP) is 0.702. The minimum atomic E-state index is -0.0990. The van der Waals surface area contributed by atoms with Crippen LogP contribution in [-0.2, 0) is 7.05 Å². The van der Waals surface area contributed by atoms with Crippen LogP contribution in [0.5, 0.6) is 5.75 Å². The van der Waals surface area contributed by atoms with Crippen LogP contribution in [0.15, 0.2) is 17.1 Å². The van der Waals surface area contributed by atoms with E-state index in [4.69, 9.17) is 4.74 Å². The first-order valence-electron chi connectivity index (χ1n) is 3.36. The molecule has 3 heteroatoms. The van der Waals surface area contributed by atoms with Gasteiger partial charge in [-0.25, -0.2) is 0 Å². The monoisotopic (exact) mass is 153 g/mol. The van der Waals surface area contributed by atoms with Gasteiger partial charge in [-0.3, -0.25) is 4.79 Å². The highest BCUT2D eigenvalue weighted by Gasteiger charge is 2.00. The van der Waals surface area contributed by atoms with Crippen molar-refractivity contribution in [1.82, 2.24) is 4.57 Å². The van der Waals surface area contributed by atoms with Gasteiger partial charge in [-0.15, -0.1) is 0 Å². The third-order valence-electron chi connectivity index (χ3n) is 1.51. The lowest BCUT2D eigenvalue weighted by Crippen LogP contribution is -2.17. The lowest BCUT2D eigenvalue weighted by molar-refractivity contribution is 0.404. The minimum absolute atomic E-state index is 0.0990. The zero-order valence-corrected chi connectivity index (χ0v) is 6.92. The Morgan fingerprint density at radius 1 is 1.55 bits per heavy atom. The summed E-state index contributed by atoms with van der Waals surface area (Å²) in [6.45, 7) is 1.92. The van der Waals surface area contributed by atoms with E-state index in [1.54, 1.807) is 19.3 Å². The maximum atomic E-state index is 11.2. The Morgan fingerprint density at radius 3 is 2.73 bits per heavy atom. The predicted molar refractivity (Wildman–Crippen MR) is 43.0 cm³/mol. The van der Waals surface area contributed by atoms with Crippen molar-refractivity contribution in [2.24, 2.45) is 7.05 Å². The fourth-order valence-corrected chi connectivity index (χ4v) is 0.990. The number of aryl methyl sites for hydroxylation is 2. The van der Waals surface area contributed by atoms with Crippen molar-refractivity contribution in [3.8, 4) is 5.75 Å². The van der Waals surface area contributed by atoms with E-state index >= 15 is 0 Å². The second kappa shape index (κ2) is 2.78. The van der Waals surface area contributed by atoms with Crippen LogP contribution in [0.25, 0.3) is 0 Å². The molecule has 1 heterocycles. The molecule has 0 unspecified atom stereocenters. The molecule has 60 valence electrons. The molecule has 0 atom stereocenters. The SMILES string of the molecule is COc1cc(C)cn(C)c1=O. The third-order valence-corrected chi connectivity index (χ3v) is 1.51. The number of aromatic nitrogens is 1. The number of rotatable bonds is 1. The number of nitrogens with zero attached hydrogens (tertiary/aromatic N) is 1. The standard InChI is InChI=1S/C8H11NO2/c1-6-4-7(11-3)8(10)9(2)5-6/h4-5H,1-3H3. The smallest absolute Gasteiger partial charge is 0.292 e. The fourth-order valence-electron chi connectivity index (χ4n) is 0.990. The molecule has 1 aromatic rings. The average molecular weight is 153 g/mol. The normalized spacial score (nSPS) is 9.73. The molecule has 0 N–H and O–H groups in total. The molecule has 0 saturated carbocycles. The van der Waals surface area contributed by atoms with Crippen LogP contribution in [-0.4, -0.2) is 11.7 Å². The Labute approximate surface area is 65.2 Å². The van der Waals surface area contributed by atoms with Crippen LogP contribution in [0.3, 0.4) is 0 Å². The molecule has 0 aromatic carbocycles. The zero-order chi connectivity index (χ0) is 8.43. The molecule has 0 aliphatic heterocycles. The molecule has 0 aliphatic carbocycles. The maximum Gasteiger partial charge on any atom is 0.292 e. The molecule has 0 bridgehead atoms. The minimum Gasteiger partial charge on any atom is -0.491 e. The number of methoxy groups -OCH3 is 1. The highest BCUT2D eigenvalue weighted by atomic mass is 16.5. The first-order valence-corrected chi connectivity index (χ1v) is 3.36. The van der Waals surface area contributed by atoms with E-state index in [9.17, 15) is 4.79 Å². The summed E-state index contributed by atoms with van der Waals surface area (Å²) in [5.74, 6) is 0.396. The molecule has 0 saturated heterocycles. The first-order chi connectivity index (χ1) is 5.15. The molecule has 1 rings (SSSR count). The number of pyridine rings is 1. The van der Waals surface area contributed by atoms with Gasteiger partial charge in [0.2, 0.25) is 0 Å². The molecule has 0 radical (unpaired) electrons. The van der Waals surface area contributed by atoms with Crippen molar-refractivity contribution < 1.29 is 4.74 Å². The van der Waals surface area contributed by atoms with Crippen LogP contribution in [0.2, 0.25) is 0 Å². The van der Waals surface area contributed by atoms with Gasteiger partial charge < -0.3 is 9.30 Å². The quantitative estimate of drug-likeness (QED) is 0.594. The van der Waals surface area contributed by atoms with E-state index in [-0.39, 0.29) is 5.56 Å². The summed E-state index contributed by atoms with van der Waals surface area (Å²) < 4.78 is 6.38. The Morgan fingerprint density at radius 2 is 2.18 bits per heavy atom. The van der Waals surface area contributed by atoms with Crippen molar-refractivity contribution >= 4 is 0 Å². The molecular weight excluding hydrogens is 142 g/mol. The Balaban J connectivity index is 3.37. The molecule has 0 spiro atoms. The largest absolute Gasteiger partial charge is 0.491 e. The summed E-state index contributed by atoms with van der Waals surface area (Å²) in [7, 11) is 3.20. The van der Waals surface area contributed by atoms with Gasteiger partial charge in [0.15, 0.2) is 5.75 Å². The van der Waals surface area contributed by atoms with Crippen LogP contribution in [0.4, 0.5) is 0 Å². The average Bonchev–Trinajstić information content (AvgIpc) is 1.96. The summed E-state index contributed by atoms with van der Waals surface area (Å²) in [6.07, 6.45) is 1.77. The fraction of sp³-hybridized carbons (Fsp3) is 0.375. The second-order valence-corrected chi connectivity index (χ2v) is 2.50. The van der Waals surface area contributed by atoms with Gasteiger partial charge in [-0.2, -0.15) is 0 Å². The van der Waals surface area contributed by atoms with E-state index in [0.717, 1.165) is 5.56 Å². The van der Waals surface area contributed by atoms with E-state index in [0.29, 0.717) is 5.75 Å². The Hall–Kier alpha value is -1.25. The number of hydrogen-bond acceptors (Lipinski definition) is 2. The molecule has 3 nitrogen and oxygen atoms in total. The van der Waals surface area contributed by atoms with Gasteiger partial charge in [0.05, 0.1) is 7.11 Å². The summed E-state index contributed by atoms with van der Waals surface area (Å²) >= 11 is 0. The molecule has 0 aliphatic rings. The molecule has 0 fully saturated rings. The number of ether oxygens (including phenoxy) is 1. The van der Waals surface area contributed by atoms with Crippen molar-refractivity contribution in [3.05, 3.63) is 28.2 Å². The summed E-state index contributed by atoms with van der Waals surface area (Å²) in [5.41, 5.74) is 0.919. The van der Waals surface area contributed by atoms with Gasteiger partial charge in [-0.05, 0) is 18.6 Å². The van der Waals surface area contributed by atoms with Gasteiger partial charge in [-0.1, -0.05) is 0 Å². The highest BCUT2D eigenvalue weighted by molar-refractivity contribution is 5.23. The lowest BCUT2D eigenvalue weighted by Gasteiger charge is -2.03. The van der Waals surface area contributed by atoms with Crippen LogP contribution in [0.1, 0.15) is 5.56 Å². The van der Waals surface area contributed by atoms with E-state index < -0.39 is 0 Å². The lowest BCUT2D eigenvalue weighted by atomic mass is 10.3. The van der Waals surface area contributed by atoms with E-state index in [1.807, 2.05) is 6.92 Å². The number of hydrogen-bond donors (Lipinski definition) is 0. The highest BCUT2D eigenvalue weighted by Crippen LogP contribution is 2.04. The summed E-state index contributed by atoms with van der Waals surface area (Å²) in [4.78, 5) is 11.2. The van der Waals surface area contributed by atoms with Gasteiger partial charge in [0, 0.05) is 13.2 Å². The molecular formula is C8H11NO2. The van der Waals surface area contributed by atoms with Crippen LogP contribution >= 0.6 is 0 Å². The molecule has 0 amide bonds. The molecule has 1 aromatic heterocycles. The van der Waals surface area contributed by atoms with Gasteiger partial charge in [0.1, 0.15) is 0 Å². The second-order valence-electron chi connectivity index (χ2n) is 2.50. The summed E-state index contributed by atoms with van der Waals surface area (Å²) in [5, 5.41) is 0. The third kappa shape index (κ3) is 1.42. The van der Waals surface area contributed by atoms with Crippen LogP contribution < -0.4 is 10.3 Å². The van der Waals surface area contributed by atoms with E-state index in [1.165, 1.54) is 11.7 Å². The van der Waals surface area contributed by atoms with Gasteiger partial charge >= 0.3 is 0 Å². The Kier molecular flexibility index (Phi) is 1.98. The topological polar surface area (TPSA) is 31.2 Å². The summed E-state index contributed by atoms with van der Waals surface area (Å²) in [6, 6.07) is 1.72. The van der Waals surface area contributed by atoms with Crippen molar-refractivity contribution in [2.75, 3.05) is 7.11 Å².